The van der Waals surface area contributed by atoms with Gasteiger partial charge in [0.2, 0.25) is 5.91 Å². The first kappa shape index (κ1) is 19.2. The first-order valence-corrected chi connectivity index (χ1v) is 9.01. The van der Waals surface area contributed by atoms with Gasteiger partial charge in [0.1, 0.15) is 5.75 Å². The molecule has 1 unspecified atom stereocenters. The summed E-state index contributed by atoms with van der Waals surface area (Å²) in [4.78, 5) is 25.1. The summed E-state index contributed by atoms with van der Waals surface area (Å²) in [5.74, 6) is 0.764. The summed E-state index contributed by atoms with van der Waals surface area (Å²) < 4.78 is 5.75. The van der Waals surface area contributed by atoms with Crippen LogP contribution in [0.4, 0.5) is 0 Å². The molecule has 1 aliphatic heterocycles. The van der Waals surface area contributed by atoms with Crippen molar-refractivity contribution in [2.45, 2.75) is 45.1 Å². The summed E-state index contributed by atoms with van der Waals surface area (Å²) in [6.45, 7) is 6.14. The molecule has 2 amide bonds. The Hall–Kier alpha value is -2.08. The predicted octanol–water partition coefficient (Wildman–Crippen LogP) is 1.64. The third-order valence-electron chi connectivity index (χ3n) is 4.75. The van der Waals surface area contributed by atoms with E-state index >= 15 is 0 Å². The zero-order valence-corrected chi connectivity index (χ0v) is 15.2. The third kappa shape index (κ3) is 6.05. The molecular weight excluding hydrogens is 318 g/mol. The maximum absolute atomic E-state index is 12.2. The van der Waals surface area contributed by atoms with Crippen molar-refractivity contribution in [2.24, 2.45) is 5.73 Å². The molecule has 1 heterocycles. The topological polar surface area (TPSA) is 84.7 Å². The van der Waals surface area contributed by atoms with Crippen LogP contribution in [0.1, 0.15) is 44.6 Å². The standard InChI is InChI=1S/C19H29N3O3/c1-3-14(2)16-6-4-5-7-17(16)25-13-19(24)21-15-8-10-22(11-9-15)12-18(20)23/h4-7,14-15H,3,8-13H2,1-2H3,(H2,20,23)(H,21,24). The molecule has 1 aromatic rings. The van der Waals surface area contributed by atoms with E-state index in [9.17, 15) is 9.59 Å². The lowest BCUT2D eigenvalue weighted by molar-refractivity contribution is -0.124. The minimum Gasteiger partial charge on any atom is -0.483 e. The van der Waals surface area contributed by atoms with Crippen molar-refractivity contribution in [1.82, 2.24) is 10.2 Å². The second kappa shape index (κ2) is 9.42. The number of hydrogen-bond acceptors (Lipinski definition) is 4. The van der Waals surface area contributed by atoms with Crippen molar-refractivity contribution in [3.63, 3.8) is 0 Å². The van der Waals surface area contributed by atoms with E-state index < -0.39 is 0 Å². The lowest BCUT2D eigenvalue weighted by Crippen LogP contribution is -2.47. The van der Waals surface area contributed by atoms with Crippen LogP contribution in [0.3, 0.4) is 0 Å². The number of ether oxygens (including phenoxy) is 1. The van der Waals surface area contributed by atoms with Crippen LogP contribution in [-0.4, -0.2) is 49.0 Å². The van der Waals surface area contributed by atoms with Crippen LogP contribution in [0.2, 0.25) is 0 Å². The Morgan fingerprint density at radius 2 is 2.00 bits per heavy atom. The molecule has 138 valence electrons. The Balaban J connectivity index is 1.78. The zero-order chi connectivity index (χ0) is 18.2. The van der Waals surface area contributed by atoms with E-state index in [4.69, 9.17) is 10.5 Å². The molecule has 0 saturated carbocycles. The summed E-state index contributed by atoms with van der Waals surface area (Å²) in [5, 5.41) is 3.02. The highest BCUT2D eigenvalue weighted by Gasteiger charge is 2.21. The molecule has 0 spiro atoms. The Kier molecular flexibility index (Phi) is 7.25. The van der Waals surface area contributed by atoms with Gasteiger partial charge < -0.3 is 15.8 Å². The number of nitrogens with two attached hydrogens (primary N) is 1. The van der Waals surface area contributed by atoms with Gasteiger partial charge in [0.15, 0.2) is 6.61 Å². The number of amides is 2. The van der Waals surface area contributed by atoms with E-state index in [0.29, 0.717) is 5.92 Å². The molecule has 1 atom stereocenters. The number of rotatable bonds is 8. The van der Waals surface area contributed by atoms with Gasteiger partial charge in [-0.15, -0.1) is 0 Å². The third-order valence-corrected chi connectivity index (χ3v) is 4.75. The van der Waals surface area contributed by atoms with Crippen LogP contribution in [0.5, 0.6) is 5.75 Å². The molecular formula is C19H29N3O3. The Labute approximate surface area is 149 Å². The lowest BCUT2D eigenvalue weighted by Gasteiger charge is -2.31. The number of piperidine rings is 1. The van der Waals surface area contributed by atoms with E-state index in [-0.39, 0.29) is 31.0 Å². The molecule has 1 aliphatic rings. The van der Waals surface area contributed by atoms with Crippen molar-refractivity contribution in [1.29, 1.82) is 0 Å². The molecule has 6 nitrogen and oxygen atoms in total. The van der Waals surface area contributed by atoms with E-state index in [2.05, 4.69) is 25.2 Å². The Bertz CT molecular complexity index is 583. The normalized spacial score (nSPS) is 17.0. The summed E-state index contributed by atoms with van der Waals surface area (Å²) >= 11 is 0. The minimum absolute atomic E-state index is 0.0228. The Morgan fingerprint density at radius 3 is 2.64 bits per heavy atom. The van der Waals surface area contributed by atoms with Gasteiger partial charge in [-0.1, -0.05) is 32.0 Å². The highest BCUT2D eigenvalue weighted by atomic mass is 16.5. The second-order valence-corrected chi connectivity index (χ2v) is 6.72. The quantitative estimate of drug-likeness (QED) is 0.749. The maximum atomic E-state index is 12.2. The average molecular weight is 347 g/mol. The number of nitrogens with zero attached hydrogens (tertiary/aromatic N) is 1. The smallest absolute Gasteiger partial charge is 0.258 e. The highest BCUT2D eigenvalue weighted by molar-refractivity contribution is 5.78. The van der Waals surface area contributed by atoms with Crippen LogP contribution in [0.15, 0.2) is 24.3 Å². The number of likely N-dealkylation sites (tertiary alicyclic amines) is 1. The van der Waals surface area contributed by atoms with Crippen LogP contribution in [0.25, 0.3) is 0 Å². The largest absolute Gasteiger partial charge is 0.483 e. The van der Waals surface area contributed by atoms with Crippen LogP contribution in [0, 0.1) is 0 Å². The molecule has 6 heteroatoms. The molecule has 0 radical (unpaired) electrons. The van der Waals surface area contributed by atoms with Gasteiger partial charge in [-0.25, -0.2) is 0 Å². The number of primary amides is 1. The SMILES string of the molecule is CCC(C)c1ccccc1OCC(=O)NC1CCN(CC(N)=O)CC1. The van der Waals surface area contributed by atoms with Crippen LogP contribution in [-0.2, 0) is 9.59 Å². The van der Waals surface area contributed by atoms with E-state index in [0.717, 1.165) is 43.7 Å². The molecule has 25 heavy (non-hydrogen) atoms. The van der Waals surface area contributed by atoms with E-state index in [1.807, 2.05) is 23.1 Å². The molecule has 2 rings (SSSR count). The lowest BCUT2D eigenvalue weighted by atomic mass is 9.98. The predicted molar refractivity (Wildman–Crippen MR) is 97.4 cm³/mol. The molecule has 0 bridgehead atoms. The van der Waals surface area contributed by atoms with Crippen LogP contribution >= 0.6 is 0 Å². The van der Waals surface area contributed by atoms with Gasteiger partial charge in [0.05, 0.1) is 6.54 Å². The second-order valence-electron chi connectivity index (χ2n) is 6.72. The van der Waals surface area contributed by atoms with Gasteiger partial charge in [0.25, 0.3) is 5.91 Å². The summed E-state index contributed by atoms with van der Waals surface area (Å²) in [6, 6.07) is 8.01. The van der Waals surface area contributed by atoms with Gasteiger partial charge in [-0.05, 0) is 36.8 Å². The fraction of sp³-hybridized carbons (Fsp3) is 0.579. The minimum atomic E-state index is -0.309. The van der Waals surface area contributed by atoms with Crippen molar-refractivity contribution < 1.29 is 14.3 Å². The molecule has 0 aromatic heterocycles. The fourth-order valence-corrected chi connectivity index (χ4v) is 3.11. The van der Waals surface area contributed by atoms with Gasteiger partial charge in [-0.2, -0.15) is 0 Å². The number of carbonyl (C=O) groups excluding carboxylic acids is 2. The number of nitrogens with one attached hydrogen (secondary N) is 1. The number of benzene rings is 1. The van der Waals surface area contributed by atoms with E-state index in [1.54, 1.807) is 0 Å². The first-order chi connectivity index (χ1) is 12.0. The highest BCUT2D eigenvalue weighted by Crippen LogP contribution is 2.28. The summed E-state index contributed by atoms with van der Waals surface area (Å²) in [7, 11) is 0. The van der Waals surface area contributed by atoms with Crippen molar-refractivity contribution in [3.05, 3.63) is 29.8 Å². The van der Waals surface area contributed by atoms with Crippen molar-refractivity contribution in [2.75, 3.05) is 26.2 Å². The van der Waals surface area contributed by atoms with Gasteiger partial charge in [-0.3, -0.25) is 14.5 Å². The first-order valence-electron chi connectivity index (χ1n) is 9.01. The zero-order valence-electron chi connectivity index (χ0n) is 15.2. The average Bonchev–Trinajstić information content (AvgIpc) is 2.61. The number of para-hydroxylation sites is 1. The Morgan fingerprint density at radius 1 is 1.32 bits per heavy atom. The molecule has 0 aliphatic carbocycles. The molecule has 1 fully saturated rings. The number of hydrogen-bond donors (Lipinski definition) is 2. The fourth-order valence-electron chi connectivity index (χ4n) is 3.11. The summed E-state index contributed by atoms with van der Waals surface area (Å²) in [6.07, 6.45) is 2.67. The monoisotopic (exact) mass is 347 g/mol. The molecule has 1 saturated heterocycles. The van der Waals surface area contributed by atoms with Gasteiger partial charge in [0, 0.05) is 19.1 Å². The van der Waals surface area contributed by atoms with E-state index in [1.165, 1.54) is 0 Å². The van der Waals surface area contributed by atoms with Crippen molar-refractivity contribution in [3.8, 4) is 5.75 Å². The maximum Gasteiger partial charge on any atom is 0.258 e. The molecule has 1 aromatic carbocycles. The van der Waals surface area contributed by atoms with Crippen LogP contribution < -0.4 is 15.8 Å². The molecule has 3 N–H and O–H groups in total. The number of carbonyl (C=O) groups is 2. The summed E-state index contributed by atoms with van der Waals surface area (Å²) in [5.41, 5.74) is 6.35. The van der Waals surface area contributed by atoms with Gasteiger partial charge >= 0.3 is 0 Å². The van der Waals surface area contributed by atoms with Crippen molar-refractivity contribution >= 4 is 11.8 Å².